The van der Waals surface area contributed by atoms with E-state index in [2.05, 4.69) is 4.98 Å². The van der Waals surface area contributed by atoms with Crippen LogP contribution in [0.5, 0.6) is 5.88 Å². The van der Waals surface area contributed by atoms with Gasteiger partial charge in [0.05, 0.1) is 12.1 Å². The third kappa shape index (κ3) is 3.72. The molecule has 0 aliphatic heterocycles. The minimum absolute atomic E-state index is 0.00731. The van der Waals surface area contributed by atoms with Gasteiger partial charge in [0.1, 0.15) is 5.82 Å². The highest BCUT2D eigenvalue weighted by Gasteiger charge is 2.24. The summed E-state index contributed by atoms with van der Waals surface area (Å²) in [6.07, 6.45) is 2.82. The molecule has 4 aromatic rings. The van der Waals surface area contributed by atoms with Crippen LogP contribution in [0, 0.1) is 5.82 Å². The number of halogens is 1. The van der Waals surface area contributed by atoms with Gasteiger partial charge in [-0.25, -0.2) is 13.6 Å². The lowest BCUT2D eigenvalue weighted by Crippen LogP contribution is -2.40. The lowest BCUT2D eigenvalue weighted by atomic mass is 10.1. The van der Waals surface area contributed by atoms with Crippen molar-refractivity contribution in [1.29, 1.82) is 0 Å². The molecule has 3 heterocycles. The molecule has 0 amide bonds. The summed E-state index contributed by atoms with van der Waals surface area (Å²) in [5.41, 5.74) is -0.675. The molecule has 4 rings (SSSR count). The van der Waals surface area contributed by atoms with Crippen LogP contribution >= 0.6 is 0 Å². The zero-order valence-corrected chi connectivity index (χ0v) is 19.5. The molecule has 0 saturated carbocycles. The Balaban J connectivity index is 2.13. The third-order valence-electron chi connectivity index (χ3n) is 6.15. The molecule has 10 heteroatoms. The summed E-state index contributed by atoms with van der Waals surface area (Å²) < 4.78 is 18.5. The van der Waals surface area contributed by atoms with Crippen molar-refractivity contribution in [3.8, 4) is 5.88 Å². The minimum atomic E-state index is -0.602. The van der Waals surface area contributed by atoms with Crippen LogP contribution in [0.1, 0.15) is 51.2 Å². The van der Waals surface area contributed by atoms with Crippen LogP contribution in [0.2, 0.25) is 0 Å². The Kier molecular flexibility index (Phi) is 6.41. The highest BCUT2D eigenvalue weighted by Crippen LogP contribution is 2.23. The third-order valence-corrected chi connectivity index (χ3v) is 6.15. The molecule has 0 fully saturated rings. The molecule has 0 aliphatic carbocycles. The topological polar surface area (TPSA) is 104 Å². The summed E-state index contributed by atoms with van der Waals surface area (Å²) in [4.78, 5) is 44.2. The number of aromatic hydroxyl groups is 1. The second kappa shape index (κ2) is 9.28. The zero-order valence-electron chi connectivity index (χ0n) is 19.5. The Morgan fingerprint density at radius 1 is 0.912 bits per heavy atom. The molecule has 0 aliphatic rings. The summed E-state index contributed by atoms with van der Waals surface area (Å²) in [6, 6.07) is 5.78. The second-order valence-corrected chi connectivity index (χ2v) is 8.27. The van der Waals surface area contributed by atoms with Gasteiger partial charge in [-0.3, -0.25) is 23.3 Å². The van der Waals surface area contributed by atoms with Crippen molar-refractivity contribution >= 4 is 16.9 Å². The van der Waals surface area contributed by atoms with Crippen molar-refractivity contribution in [1.82, 2.24) is 23.1 Å². The van der Waals surface area contributed by atoms with Crippen molar-refractivity contribution in [3.05, 3.63) is 72.4 Å². The molecular formula is C24H28FN5O4. The Bertz CT molecular complexity index is 1540. The number of rotatable bonds is 8. The molecule has 180 valence electrons. The number of nitrogens with zero attached hydrogens (tertiary/aromatic N) is 5. The van der Waals surface area contributed by atoms with Gasteiger partial charge in [0.25, 0.3) is 11.1 Å². The van der Waals surface area contributed by atoms with E-state index >= 15 is 0 Å². The van der Waals surface area contributed by atoms with Crippen molar-refractivity contribution in [2.75, 3.05) is 0 Å². The molecule has 0 atom stereocenters. The first kappa shape index (κ1) is 23.5. The number of benzene rings is 1. The van der Waals surface area contributed by atoms with Crippen LogP contribution in [0.3, 0.4) is 0 Å². The minimum Gasteiger partial charge on any atom is -0.494 e. The van der Waals surface area contributed by atoms with E-state index in [1.807, 2.05) is 6.92 Å². The number of unbranched alkanes of at least 4 members (excludes halogenated alkanes) is 2. The monoisotopic (exact) mass is 469 g/mol. The molecule has 9 nitrogen and oxygen atoms in total. The maximum Gasteiger partial charge on any atom is 0.332 e. The van der Waals surface area contributed by atoms with E-state index in [1.54, 1.807) is 26.0 Å². The van der Waals surface area contributed by atoms with Gasteiger partial charge in [0.15, 0.2) is 11.2 Å². The van der Waals surface area contributed by atoms with Gasteiger partial charge < -0.3 is 5.11 Å². The van der Waals surface area contributed by atoms with Gasteiger partial charge >= 0.3 is 5.69 Å². The maximum atomic E-state index is 13.6. The first-order valence-corrected chi connectivity index (χ1v) is 11.6. The van der Waals surface area contributed by atoms with E-state index in [-0.39, 0.29) is 48.0 Å². The molecule has 0 unspecified atom stereocenters. The van der Waals surface area contributed by atoms with Crippen molar-refractivity contribution in [2.45, 2.75) is 66.1 Å². The first-order chi connectivity index (χ1) is 16.3. The molecular weight excluding hydrogens is 441 g/mol. The molecule has 3 aromatic heterocycles. The van der Waals surface area contributed by atoms with Gasteiger partial charge in [0, 0.05) is 13.1 Å². The predicted molar refractivity (Wildman–Crippen MR) is 127 cm³/mol. The SMILES string of the molecule is CCCCCc1c(O)n(Cc2ccc(F)cc2)c2nc3c(c(=O)n(CC)c(=O)n3CC)n2c1=O. The fourth-order valence-electron chi connectivity index (χ4n) is 4.34. The molecule has 0 spiro atoms. The molecule has 0 saturated heterocycles. The van der Waals surface area contributed by atoms with Crippen molar-refractivity contribution < 1.29 is 9.50 Å². The quantitative estimate of drug-likeness (QED) is 0.400. The standard InChI is InChI=1S/C24H28FN5O4/c1-4-7-8-9-17-20(31)29(14-15-10-12-16(25)13-11-15)23-26-19-18(30(23)21(17)32)22(33)28(6-3)24(34)27(19)5-2/h10-13,31H,4-9,14H2,1-3H3. The molecule has 1 aromatic carbocycles. The summed E-state index contributed by atoms with van der Waals surface area (Å²) in [5.74, 6) is -0.583. The van der Waals surface area contributed by atoms with Crippen LogP contribution in [0.4, 0.5) is 4.39 Å². The van der Waals surface area contributed by atoms with E-state index in [0.29, 0.717) is 18.4 Å². The number of aromatic nitrogens is 5. The Morgan fingerprint density at radius 3 is 2.21 bits per heavy atom. The van der Waals surface area contributed by atoms with Crippen LogP contribution < -0.4 is 16.8 Å². The van der Waals surface area contributed by atoms with Crippen LogP contribution in [-0.4, -0.2) is 28.2 Å². The normalized spacial score (nSPS) is 11.6. The number of aryl methyl sites for hydroxylation is 1. The largest absolute Gasteiger partial charge is 0.494 e. The number of hydrogen-bond donors (Lipinski definition) is 1. The fourth-order valence-corrected chi connectivity index (χ4v) is 4.34. The highest BCUT2D eigenvalue weighted by atomic mass is 19.1. The highest BCUT2D eigenvalue weighted by molar-refractivity contribution is 5.75. The molecule has 1 N–H and O–H groups in total. The van der Waals surface area contributed by atoms with E-state index in [9.17, 15) is 23.9 Å². The summed E-state index contributed by atoms with van der Waals surface area (Å²) >= 11 is 0. The Labute approximate surface area is 194 Å². The van der Waals surface area contributed by atoms with Crippen molar-refractivity contribution in [3.63, 3.8) is 0 Å². The number of fused-ring (bicyclic) bond motifs is 3. The zero-order chi connectivity index (χ0) is 24.6. The van der Waals surface area contributed by atoms with Gasteiger partial charge in [-0.1, -0.05) is 31.9 Å². The maximum absolute atomic E-state index is 13.6. The number of imidazole rings is 1. The summed E-state index contributed by atoms with van der Waals surface area (Å²) in [6.45, 7) is 5.97. The smallest absolute Gasteiger partial charge is 0.332 e. The Hall–Kier alpha value is -3.69. The Morgan fingerprint density at radius 2 is 1.59 bits per heavy atom. The van der Waals surface area contributed by atoms with Gasteiger partial charge in [-0.05, 0) is 44.4 Å². The lowest BCUT2D eigenvalue weighted by Gasteiger charge is -2.15. The first-order valence-electron chi connectivity index (χ1n) is 11.6. The van der Waals surface area contributed by atoms with Gasteiger partial charge in [-0.2, -0.15) is 4.98 Å². The van der Waals surface area contributed by atoms with Crippen LogP contribution in [-0.2, 0) is 26.1 Å². The van der Waals surface area contributed by atoms with Gasteiger partial charge in [0.2, 0.25) is 11.7 Å². The summed E-state index contributed by atoms with van der Waals surface area (Å²) in [7, 11) is 0. The van der Waals surface area contributed by atoms with E-state index in [1.165, 1.54) is 25.7 Å². The van der Waals surface area contributed by atoms with E-state index < -0.39 is 22.6 Å². The number of hydrogen-bond acceptors (Lipinski definition) is 5. The second-order valence-electron chi connectivity index (χ2n) is 8.27. The molecule has 0 radical (unpaired) electrons. The lowest BCUT2D eigenvalue weighted by molar-refractivity contribution is 0.410. The van der Waals surface area contributed by atoms with Crippen molar-refractivity contribution in [2.24, 2.45) is 0 Å². The average molecular weight is 470 g/mol. The van der Waals surface area contributed by atoms with Gasteiger partial charge in [-0.15, -0.1) is 0 Å². The summed E-state index contributed by atoms with van der Waals surface area (Å²) in [5, 5.41) is 11.1. The molecule has 0 bridgehead atoms. The van der Waals surface area contributed by atoms with E-state index in [0.717, 1.165) is 17.4 Å². The predicted octanol–water partition coefficient (Wildman–Crippen LogP) is 2.64. The van der Waals surface area contributed by atoms with Crippen LogP contribution in [0.25, 0.3) is 16.9 Å². The van der Waals surface area contributed by atoms with Crippen LogP contribution in [0.15, 0.2) is 38.6 Å². The molecule has 34 heavy (non-hydrogen) atoms. The average Bonchev–Trinajstić information content (AvgIpc) is 3.21. The fraction of sp³-hybridized carbons (Fsp3) is 0.417. The van der Waals surface area contributed by atoms with E-state index in [4.69, 9.17) is 0 Å².